The first-order chi connectivity index (χ1) is 31.8. The van der Waals surface area contributed by atoms with Crippen LogP contribution in [0, 0.1) is 0 Å². The summed E-state index contributed by atoms with van der Waals surface area (Å²) in [6.45, 7) is -3.71. The number of aromatic amines is 1. The Bertz CT molecular complexity index is 3190. The third-order valence-corrected chi connectivity index (χ3v) is 10.4. The number of benzene rings is 2. The molecular weight excluding hydrogens is 909 g/mol. The lowest BCUT2D eigenvalue weighted by Crippen LogP contribution is -2.13. The third-order valence-electron chi connectivity index (χ3n) is 9.98. The zero-order chi connectivity index (χ0) is 46.9. The summed E-state index contributed by atoms with van der Waals surface area (Å²) in [4.78, 5) is 36.6. The Morgan fingerprint density at radius 1 is 0.576 bits per heavy atom. The summed E-state index contributed by atoms with van der Waals surface area (Å²) < 4.78 is 78.8. The minimum Gasteiger partial charge on any atom is -0.343 e. The summed E-state index contributed by atoms with van der Waals surface area (Å²) in [5.74, 6) is 1.13. The van der Waals surface area contributed by atoms with Crippen molar-refractivity contribution >= 4 is 90.3 Å². The number of alkyl halides is 6. The van der Waals surface area contributed by atoms with Crippen molar-refractivity contribution in [2.75, 3.05) is 17.3 Å². The number of para-hydroxylation sites is 2. The first kappa shape index (κ1) is 46.7. The van der Waals surface area contributed by atoms with E-state index >= 15 is 0 Å². The normalized spacial score (nSPS) is 11.2. The maximum absolute atomic E-state index is 13.0. The van der Waals surface area contributed by atoms with Crippen LogP contribution in [0.25, 0.3) is 44.1 Å². The van der Waals surface area contributed by atoms with Crippen molar-refractivity contribution in [1.29, 1.82) is 0 Å². The standard InChI is InChI=1S/C16H16F2N4.C15H14F2N4.C7H4ClF2N3.C6H4ClN3/c1-3-11-6-4-5-7-13(11)21(2)15-8-14-12(9-19-15)20-10-22(14)16(17)18;1-2-10-5-3-4-6-11(10)20-14-7-13-12(8-18-14)19-9-21(13)15(16)17;8-6-1-5-4(2-11-6)12-3-13(5)7(9)10;7-6-1-4-5(2-8-6)10-3-9-4/h4-10,16H,3H2,1-2H3;3-9,15H,2H2,1H3,(H,18,20);1-3,7H;1-3H,(H,9,10). The number of anilines is 4. The lowest BCUT2D eigenvalue weighted by atomic mass is 10.1. The Kier molecular flexibility index (Phi) is 14.9. The number of rotatable bonds is 9. The van der Waals surface area contributed by atoms with Crippen molar-refractivity contribution in [2.45, 2.75) is 46.3 Å². The van der Waals surface area contributed by atoms with Gasteiger partial charge in [-0.3, -0.25) is 13.7 Å². The van der Waals surface area contributed by atoms with Crippen LogP contribution < -0.4 is 10.2 Å². The van der Waals surface area contributed by atoms with E-state index in [4.69, 9.17) is 23.2 Å². The van der Waals surface area contributed by atoms with Gasteiger partial charge in [0.1, 0.15) is 57.5 Å². The second-order valence-corrected chi connectivity index (χ2v) is 14.8. The van der Waals surface area contributed by atoms with Gasteiger partial charge in [-0.25, -0.2) is 39.9 Å². The molecule has 8 aromatic heterocycles. The molecular formula is C44H38Cl2F6N14. The van der Waals surface area contributed by atoms with Crippen molar-refractivity contribution in [2.24, 2.45) is 0 Å². The number of fused-ring (bicyclic) bond motifs is 4. The molecule has 0 aliphatic rings. The Hall–Kier alpha value is -7.32. The number of aryl methyl sites for hydroxylation is 2. The zero-order valence-electron chi connectivity index (χ0n) is 35.1. The number of aromatic nitrogens is 12. The maximum Gasteiger partial charge on any atom is 0.320 e. The lowest BCUT2D eigenvalue weighted by Gasteiger charge is -2.21. The highest BCUT2D eigenvalue weighted by Gasteiger charge is 2.16. The van der Waals surface area contributed by atoms with Gasteiger partial charge in [0.2, 0.25) is 0 Å². The Morgan fingerprint density at radius 3 is 1.71 bits per heavy atom. The number of imidazole rings is 4. The molecule has 10 aromatic rings. The van der Waals surface area contributed by atoms with Gasteiger partial charge < -0.3 is 15.2 Å². The summed E-state index contributed by atoms with van der Waals surface area (Å²) in [5.41, 5.74) is 8.35. The third kappa shape index (κ3) is 10.8. The fraction of sp³-hybridized carbons (Fsp3) is 0.182. The number of halogens is 8. The summed E-state index contributed by atoms with van der Waals surface area (Å²) in [5, 5.41) is 3.82. The van der Waals surface area contributed by atoms with E-state index in [0.717, 1.165) is 73.5 Å². The molecule has 0 aliphatic heterocycles. The fourth-order valence-electron chi connectivity index (χ4n) is 6.63. The Labute approximate surface area is 382 Å². The molecule has 0 atom stereocenters. The van der Waals surface area contributed by atoms with Crippen LogP contribution in [0.4, 0.5) is 49.4 Å². The van der Waals surface area contributed by atoms with Gasteiger partial charge in [0.25, 0.3) is 0 Å². The molecule has 66 heavy (non-hydrogen) atoms. The van der Waals surface area contributed by atoms with E-state index < -0.39 is 19.6 Å². The first-order valence-corrected chi connectivity index (χ1v) is 20.7. The zero-order valence-corrected chi connectivity index (χ0v) is 36.6. The predicted octanol–water partition coefficient (Wildman–Crippen LogP) is 12.4. The smallest absolute Gasteiger partial charge is 0.320 e. The van der Waals surface area contributed by atoms with Gasteiger partial charge >= 0.3 is 19.6 Å². The molecule has 0 aliphatic carbocycles. The summed E-state index contributed by atoms with van der Waals surface area (Å²) >= 11 is 11.2. The average molecular weight is 948 g/mol. The Balaban J connectivity index is 0.000000137. The summed E-state index contributed by atoms with van der Waals surface area (Å²) in [6.07, 6.45) is 12.7. The molecule has 0 spiro atoms. The number of H-pyrrole nitrogens is 1. The summed E-state index contributed by atoms with van der Waals surface area (Å²) in [7, 11) is 1.88. The van der Waals surface area contributed by atoms with Crippen molar-refractivity contribution in [3.8, 4) is 0 Å². The molecule has 22 heteroatoms. The number of pyridine rings is 4. The molecule has 14 nitrogen and oxygen atoms in total. The molecule has 10 rings (SSSR count). The van der Waals surface area contributed by atoms with Gasteiger partial charge in [-0.2, -0.15) is 26.3 Å². The Morgan fingerprint density at radius 2 is 1.09 bits per heavy atom. The van der Waals surface area contributed by atoms with Crippen molar-refractivity contribution in [1.82, 2.24) is 58.6 Å². The van der Waals surface area contributed by atoms with E-state index in [1.807, 2.05) is 60.5 Å². The molecule has 0 unspecified atom stereocenters. The fourth-order valence-corrected chi connectivity index (χ4v) is 6.94. The van der Waals surface area contributed by atoms with E-state index in [0.29, 0.717) is 44.4 Å². The molecule has 0 radical (unpaired) electrons. The second-order valence-electron chi connectivity index (χ2n) is 14.0. The highest BCUT2D eigenvalue weighted by atomic mass is 35.5. The molecule has 0 bridgehead atoms. The number of hydrogen-bond donors (Lipinski definition) is 2. The molecule has 8 heterocycles. The second kappa shape index (κ2) is 21.1. The molecule has 2 aromatic carbocycles. The van der Waals surface area contributed by atoms with Gasteiger partial charge in [0.05, 0.1) is 58.7 Å². The number of nitrogens with one attached hydrogen (secondary N) is 2. The quantitative estimate of drug-likeness (QED) is 0.106. The lowest BCUT2D eigenvalue weighted by molar-refractivity contribution is 0.0740. The van der Waals surface area contributed by atoms with Crippen LogP contribution in [0.5, 0.6) is 0 Å². The maximum atomic E-state index is 13.0. The average Bonchev–Trinajstić information content (AvgIpc) is 4.15. The van der Waals surface area contributed by atoms with E-state index in [2.05, 4.69) is 64.0 Å². The molecule has 0 saturated carbocycles. The van der Waals surface area contributed by atoms with Crippen LogP contribution >= 0.6 is 23.2 Å². The van der Waals surface area contributed by atoms with Gasteiger partial charge in [0, 0.05) is 42.7 Å². The van der Waals surface area contributed by atoms with Crippen LogP contribution in [0.1, 0.15) is 44.6 Å². The van der Waals surface area contributed by atoms with E-state index in [-0.39, 0.29) is 10.7 Å². The molecule has 0 fully saturated rings. The van der Waals surface area contributed by atoms with E-state index in [1.165, 1.54) is 30.2 Å². The van der Waals surface area contributed by atoms with Gasteiger partial charge in [-0.05, 0) is 36.1 Å². The molecule has 340 valence electrons. The molecule has 0 amide bonds. The van der Waals surface area contributed by atoms with Crippen LogP contribution in [0.2, 0.25) is 10.3 Å². The van der Waals surface area contributed by atoms with Crippen LogP contribution in [-0.2, 0) is 12.8 Å². The van der Waals surface area contributed by atoms with Crippen molar-refractivity contribution in [3.63, 3.8) is 0 Å². The van der Waals surface area contributed by atoms with E-state index in [1.54, 1.807) is 30.7 Å². The van der Waals surface area contributed by atoms with Crippen molar-refractivity contribution < 1.29 is 26.3 Å². The van der Waals surface area contributed by atoms with Crippen LogP contribution in [0.3, 0.4) is 0 Å². The highest BCUT2D eigenvalue weighted by Crippen LogP contribution is 2.30. The molecule has 0 saturated heterocycles. The van der Waals surface area contributed by atoms with Crippen LogP contribution in [0.15, 0.2) is 123 Å². The molecule has 2 N–H and O–H groups in total. The number of nitrogens with zero attached hydrogens (tertiary/aromatic N) is 12. The first-order valence-electron chi connectivity index (χ1n) is 19.9. The number of hydrogen-bond acceptors (Lipinski definition) is 10. The van der Waals surface area contributed by atoms with E-state index in [9.17, 15) is 26.3 Å². The van der Waals surface area contributed by atoms with Gasteiger partial charge in [-0.1, -0.05) is 73.4 Å². The SMILES string of the molecule is CCc1ccccc1N(C)c1cc2c(cn1)ncn2C(F)F.CCc1ccccc1Nc1cc2c(cn1)ncn2C(F)F.Clc1cc2nc[nH]c2cn1.FC(F)n1cnc2cnc(Cl)cc21. The minimum atomic E-state index is -2.62. The summed E-state index contributed by atoms with van der Waals surface area (Å²) in [6, 6.07) is 22.1. The monoisotopic (exact) mass is 946 g/mol. The van der Waals surface area contributed by atoms with Crippen LogP contribution in [-0.4, -0.2) is 65.6 Å². The topological polar surface area (TPSA) is 149 Å². The van der Waals surface area contributed by atoms with Gasteiger partial charge in [-0.15, -0.1) is 0 Å². The van der Waals surface area contributed by atoms with Crippen molar-refractivity contribution in [3.05, 3.63) is 144 Å². The predicted molar refractivity (Wildman–Crippen MR) is 243 cm³/mol. The van der Waals surface area contributed by atoms with Gasteiger partial charge in [0.15, 0.2) is 0 Å². The largest absolute Gasteiger partial charge is 0.343 e. The highest BCUT2D eigenvalue weighted by molar-refractivity contribution is 6.30. The minimum absolute atomic E-state index is 0.176.